The molecule has 1 N–H and O–H groups in total. The third kappa shape index (κ3) is 4.47. The standard InChI is InChI=1S/C22H24N4O4S2/c27-20(24-22-26-25-21(31-22)18-6-3-11-30-18)17(12-14-4-1-2-5-14)15-7-10-19(23-13-15)32(28,29)16-8-9-16/h3,6-7,10-11,13-14,16-17H,1-2,4-5,8-9,12H2,(H,24,26,27). The zero-order chi connectivity index (χ0) is 22.1. The molecule has 0 spiro atoms. The fourth-order valence-corrected chi connectivity index (χ4v) is 6.53. The number of furan rings is 1. The first kappa shape index (κ1) is 21.3. The Labute approximate surface area is 190 Å². The number of carbonyl (C=O) groups excluding carboxylic acids is 1. The maximum Gasteiger partial charge on any atom is 0.233 e. The Balaban J connectivity index is 1.36. The number of nitrogens with zero attached hydrogens (tertiary/aromatic N) is 3. The van der Waals surface area contributed by atoms with Crippen molar-refractivity contribution in [2.45, 2.75) is 61.1 Å². The van der Waals surface area contributed by atoms with Crippen molar-refractivity contribution in [2.24, 2.45) is 5.92 Å². The molecule has 10 heteroatoms. The molecule has 0 aromatic carbocycles. The predicted molar refractivity (Wildman–Crippen MR) is 120 cm³/mol. The van der Waals surface area contributed by atoms with Crippen molar-refractivity contribution in [3.8, 4) is 10.8 Å². The van der Waals surface area contributed by atoms with E-state index in [2.05, 4.69) is 20.5 Å². The average molecular weight is 473 g/mol. The molecule has 2 fully saturated rings. The lowest BCUT2D eigenvalue weighted by Gasteiger charge is -2.20. The van der Waals surface area contributed by atoms with Crippen LogP contribution >= 0.6 is 11.3 Å². The largest absolute Gasteiger partial charge is 0.462 e. The molecule has 1 atom stereocenters. The summed E-state index contributed by atoms with van der Waals surface area (Å²) in [4.78, 5) is 17.5. The summed E-state index contributed by atoms with van der Waals surface area (Å²) >= 11 is 1.25. The second kappa shape index (κ2) is 8.74. The SMILES string of the molecule is O=C(Nc1nnc(-c2ccco2)s1)C(CC1CCCC1)c1ccc(S(=O)(=O)C2CC2)nc1. The lowest BCUT2D eigenvalue weighted by atomic mass is 9.88. The van der Waals surface area contributed by atoms with Gasteiger partial charge in [-0.3, -0.25) is 10.1 Å². The van der Waals surface area contributed by atoms with Crippen LogP contribution < -0.4 is 5.32 Å². The summed E-state index contributed by atoms with van der Waals surface area (Å²) in [5, 5.41) is 11.8. The first-order valence-corrected chi connectivity index (χ1v) is 13.2. The summed E-state index contributed by atoms with van der Waals surface area (Å²) in [6.07, 6.45) is 9.76. The highest BCUT2D eigenvalue weighted by molar-refractivity contribution is 7.92. The molecule has 8 nitrogen and oxygen atoms in total. The fourth-order valence-electron chi connectivity index (χ4n) is 4.26. The minimum absolute atomic E-state index is 0.0935. The van der Waals surface area contributed by atoms with Crippen molar-refractivity contribution in [1.29, 1.82) is 0 Å². The van der Waals surface area contributed by atoms with Gasteiger partial charge in [0.05, 0.1) is 17.4 Å². The van der Waals surface area contributed by atoms with Gasteiger partial charge in [-0.2, -0.15) is 0 Å². The minimum Gasteiger partial charge on any atom is -0.462 e. The van der Waals surface area contributed by atoms with Crippen molar-refractivity contribution in [2.75, 3.05) is 5.32 Å². The number of rotatable bonds is 8. The van der Waals surface area contributed by atoms with Crippen LogP contribution in [0.2, 0.25) is 0 Å². The third-order valence-electron chi connectivity index (χ3n) is 6.16. The number of aromatic nitrogens is 3. The predicted octanol–water partition coefficient (Wildman–Crippen LogP) is 4.43. The quantitative estimate of drug-likeness (QED) is 0.515. The van der Waals surface area contributed by atoms with E-state index in [-0.39, 0.29) is 16.2 Å². The van der Waals surface area contributed by atoms with Crippen molar-refractivity contribution < 1.29 is 17.6 Å². The van der Waals surface area contributed by atoms with Crippen molar-refractivity contribution >= 4 is 32.2 Å². The number of anilines is 1. The van der Waals surface area contributed by atoms with Gasteiger partial charge in [0.2, 0.25) is 11.0 Å². The van der Waals surface area contributed by atoms with Crippen LogP contribution in [-0.2, 0) is 14.6 Å². The molecule has 2 aliphatic rings. The second-order valence-corrected chi connectivity index (χ2v) is 11.6. The molecular weight excluding hydrogens is 448 g/mol. The van der Waals surface area contributed by atoms with Crippen molar-refractivity contribution in [3.05, 3.63) is 42.3 Å². The maximum absolute atomic E-state index is 13.3. The van der Waals surface area contributed by atoms with E-state index in [1.54, 1.807) is 30.7 Å². The number of nitrogens with one attached hydrogen (secondary N) is 1. The summed E-state index contributed by atoms with van der Waals surface area (Å²) in [5.41, 5.74) is 0.722. The smallest absolute Gasteiger partial charge is 0.233 e. The average Bonchev–Trinajstić information content (AvgIpc) is 3.18. The number of sulfone groups is 1. The fraction of sp³-hybridized carbons (Fsp3) is 0.455. The maximum atomic E-state index is 13.3. The van der Waals surface area contributed by atoms with E-state index >= 15 is 0 Å². The van der Waals surface area contributed by atoms with E-state index in [0.717, 1.165) is 18.4 Å². The Morgan fingerprint density at radius 2 is 1.97 bits per heavy atom. The number of hydrogen-bond acceptors (Lipinski definition) is 8. The second-order valence-electron chi connectivity index (χ2n) is 8.49. The Bertz CT molecular complexity index is 1180. The van der Waals surface area contributed by atoms with Crippen LogP contribution in [0.25, 0.3) is 10.8 Å². The van der Waals surface area contributed by atoms with E-state index in [4.69, 9.17) is 4.42 Å². The number of hydrogen-bond donors (Lipinski definition) is 1. The Morgan fingerprint density at radius 3 is 2.62 bits per heavy atom. The molecule has 168 valence electrons. The molecule has 1 unspecified atom stereocenters. The third-order valence-corrected chi connectivity index (χ3v) is 9.19. The molecule has 0 aliphatic heterocycles. The van der Waals surface area contributed by atoms with Crippen LogP contribution in [0.5, 0.6) is 0 Å². The topological polar surface area (TPSA) is 115 Å². The van der Waals surface area contributed by atoms with E-state index in [0.29, 0.717) is 41.1 Å². The molecule has 2 saturated carbocycles. The van der Waals surface area contributed by atoms with Crippen LogP contribution in [0, 0.1) is 5.92 Å². The lowest BCUT2D eigenvalue weighted by Crippen LogP contribution is -2.23. The summed E-state index contributed by atoms with van der Waals surface area (Å²) < 4.78 is 30.3. The summed E-state index contributed by atoms with van der Waals surface area (Å²) in [7, 11) is -3.36. The van der Waals surface area contributed by atoms with Crippen LogP contribution in [-0.4, -0.2) is 34.8 Å². The molecule has 32 heavy (non-hydrogen) atoms. The van der Waals surface area contributed by atoms with Crippen molar-refractivity contribution in [1.82, 2.24) is 15.2 Å². The molecule has 5 rings (SSSR count). The van der Waals surface area contributed by atoms with Crippen LogP contribution in [0.3, 0.4) is 0 Å². The first-order chi connectivity index (χ1) is 15.5. The summed E-state index contributed by atoms with van der Waals surface area (Å²) in [6, 6.07) is 6.83. The normalized spacial score (nSPS) is 18.0. The van der Waals surface area contributed by atoms with Crippen LogP contribution in [0.15, 0.2) is 46.2 Å². The molecule has 1 amide bonds. The van der Waals surface area contributed by atoms with Gasteiger partial charge in [0.25, 0.3) is 0 Å². The monoisotopic (exact) mass is 472 g/mol. The van der Waals surface area contributed by atoms with Gasteiger partial charge in [0.15, 0.2) is 25.6 Å². The van der Waals surface area contributed by atoms with Gasteiger partial charge in [-0.25, -0.2) is 13.4 Å². The van der Waals surface area contributed by atoms with Gasteiger partial charge in [0, 0.05) is 6.20 Å². The number of amides is 1. The van der Waals surface area contributed by atoms with E-state index < -0.39 is 15.8 Å². The summed E-state index contributed by atoms with van der Waals surface area (Å²) in [6.45, 7) is 0. The van der Waals surface area contributed by atoms with Crippen LogP contribution in [0.4, 0.5) is 5.13 Å². The number of carbonyl (C=O) groups is 1. The molecule has 2 aliphatic carbocycles. The highest BCUT2D eigenvalue weighted by Gasteiger charge is 2.38. The highest BCUT2D eigenvalue weighted by atomic mass is 32.2. The van der Waals surface area contributed by atoms with Gasteiger partial charge in [-0.05, 0) is 48.9 Å². The molecule has 0 bridgehead atoms. The van der Waals surface area contributed by atoms with Gasteiger partial charge in [0.1, 0.15) is 0 Å². The number of pyridine rings is 1. The van der Waals surface area contributed by atoms with Crippen LogP contribution in [0.1, 0.15) is 56.4 Å². The van der Waals surface area contributed by atoms with E-state index in [9.17, 15) is 13.2 Å². The Kier molecular flexibility index (Phi) is 5.81. The van der Waals surface area contributed by atoms with Gasteiger partial charge in [-0.1, -0.05) is 43.1 Å². The minimum atomic E-state index is -3.36. The molecule has 3 heterocycles. The highest BCUT2D eigenvalue weighted by Crippen LogP contribution is 2.37. The Hall–Kier alpha value is -2.59. The van der Waals surface area contributed by atoms with E-state index in [1.807, 2.05) is 0 Å². The zero-order valence-corrected chi connectivity index (χ0v) is 19.1. The molecule has 0 radical (unpaired) electrons. The summed E-state index contributed by atoms with van der Waals surface area (Å²) in [5.74, 6) is 0.453. The molecular formula is C22H24N4O4S2. The van der Waals surface area contributed by atoms with Gasteiger partial charge < -0.3 is 4.42 Å². The molecule has 0 saturated heterocycles. The molecule has 3 aromatic rings. The Morgan fingerprint density at radius 1 is 1.16 bits per heavy atom. The van der Waals surface area contributed by atoms with E-state index in [1.165, 1.54) is 30.2 Å². The van der Waals surface area contributed by atoms with Gasteiger partial charge in [-0.15, -0.1) is 10.2 Å². The first-order valence-electron chi connectivity index (χ1n) is 10.9. The van der Waals surface area contributed by atoms with Crippen molar-refractivity contribution in [3.63, 3.8) is 0 Å². The molecule has 3 aromatic heterocycles. The van der Waals surface area contributed by atoms with Gasteiger partial charge >= 0.3 is 0 Å². The zero-order valence-electron chi connectivity index (χ0n) is 17.4. The lowest BCUT2D eigenvalue weighted by molar-refractivity contribution is -0.118.